The first-order valence-electron chi connectivity index (χ1n) is 6.51. The van der Waals surface area contributed by atoms with E-state index in [0.717, 1.165) is 24.2 Å². The summed E-state index contributed by atoms with van der Waals surface area (Å²) in [5, 5.41) is 0. The summed E-state index contributed by atoms with van der Waals surface area (Å²) in [5.41, 5.74) is 1.13. The van der Waals surface area contributed by atoms with Crippen LogP contribution in [-0.2, 0) is 9.53 Å². The van der Waals surface area contributed by atoms with Gasteiger partial charge in [-0.05, 0) is 31.4 Å². The highest BCUT2D eigenvalue weighted by Crippen LogP contribution is 2.33. The van der Waals surface area contributed by atoms with Gasteiger partial charge in [0.2, 0.25) is 0 Å². The van der Waals surface area contributed by atoms with Crippen molar-refractivity contribution in [1.29, 1.82) is 0 Å². The molecule has 1 aromatic carbocycles. The number of hydrogen-bond acceptors (Lipinski definition) is 3. The molecular weight excluding hydrogens is 228 g/mol. The number of carbonyl (C=O) groups excluding carboxylic acids is 1. The number of methoxy groups -OCH3 is 1. The highest BCUT2D eigenvalue weighted by atomic mass is 16.5. The van der Waals surface area contributed by atoms with Crippen molar-refractivity contribution in [3.8, 4) is 5.75 Å². The monoisotopic (exact) mass is 250 g/mol. The minimum Gasteiger partial charge on any atom is -0.490 e. The third kappa shape index (κ3) is 3.49. The average Bonchev–Trinajstić information content (AvgIpc) is 2.37. The number of para-hydroxylation sites is 1. The maximum Gasteiger partial charge on any atom is 0.308 e. The fraction of sp³-hybridized carbons (Fsp3) is 0.533. The van der Waals surface area contributed by atoms with Crippen molar-refractivity contribution in [1.82, 2.24) is 0 Å². The molecule has 0 atom stereocenters. The highest BCUT2D eigenvalue weighted by Gasteiger charge is 2.36. The molecular formula is C15H22O3. The number of hydrogen-bond donors (Lipinski definition) is 0. The molecule has 0 saturated heterocycles. The minimum absolute atomic E-state index is 0.0269. The van der Waals surface area contributed by atoms with E-state index in [2.05, 4.69) is 4.74 Å². The van der Waals surface area contributed by atoms with Crippen LogP contribution in [0, 0.1) is 12.8 Å². The Bertz CT molecular complexity index is 381. The molecule has 0 spiro atoms. The molecule has 0 heterocycles. The lowest BCUT2D eigenvalue weighted by molar-refractivity contribution is -0.151. The van der Waals surface area contributed by atoms with Gasteiger partial charge in [0.1, 0.15) is 11.9 Å². The molecule has 1 aliphatic rings. The lowest BCUT2D eigenvalue weighted by atomic mass is 9.82. The molecule has 3 nitrogen and oxygen atoms in total. The molecule has 100 valence electrons. The maximum atomic E-state index is 11.2. The molecule has 0 aliphatic heterocycles. The first-order valence-corrected chi connectivity index (χ1v) is 6.51. The summed E-state index contributed by atoms with van der Waals surface area (Å²) in [7, 11) is 1.43. The lowest BCUT2D eigenvalue weighted by Crippen LogP contribution is -2.38. The van der Waals surface area contributed by atoms with E-state index in [9.17, 15) is 4.79 Å². The molecule has 0 radical (unpaired) electrons. The molecule has 0 unspecified atom stereocenters. The number of aryl methyl sites for hydroxylation is 1. The van der Waals surface area contributed by atoms with Gasteiger partial charge in [-0.3, -0.25) is 4.79 Å². The second kappa shape index (κ2) is 7.04. The smallest absolute Gasteiger partial charge is 0.308 e. The van der Waals surface area contributed by atoms with Gasteiger partial charge in [-0.25, -0.2) is 0 Å². The van der Waals surface area contributed by atoms with Gasteiger partial charge < -0.3 is 9.47 Å². The Morgan fingerprint density at radius 3 is 2.39 bits per heavy atom. The standard InChI is InChI=1S/C13H16O3.C2H6/c1-9-5-3-4-6-12(9)16-11-7-10(8-11)13(14)15-2;1-2/h3-6,10-11H,7-8H2,1-2H3;1-2H3. The van der Waals surface area contributed by atoms with Crippen molar-refractivity contribution in [3.63, 3.8) is 0 Å². The van der Waals surface area contributed by atoms with Crippen LogP contribution < -0.4 is 4.74 Å². The second-order valence-electron chi connectivity index (χ2n) is 4.20. The molecule has 1 saturated carbocycles. The number of benzene rings is 1. The Morgan fingerprint density at radius 2 is 1.83 bits per heavy atom. The first kappa shape index (κ1) is 14.6. The van der Waals surface area contributed by atoms with Crippen LogP contribution in [0.2, 0.25) is 0 Å². The van der Waals surface area contributed by atoms with Crippen LogP contribution in [-0.4, -0.2) is 19.2 Å². The van der Waals surface area contributed by atoms with Crippen LogP contribution in [0.15, 0.2) is 24.3 Å². The van der Waals surface area contributed by atoms with Gasteiger partial charge in [0, 0.05) is 0 Å². The predicted octanol–water partition coefficient (Wildman–Crippen LogP) is 3.35. The quantitative estimate of drug-likeness (QED) is 0.772. The Labute approximate surface area is 109 Å². The zero-order valence-electron chi connectivity index (χ0n) is 11.6. The fourth-order valence-electron chi connectivity index (χ4n) is 1.89. The number of esters is 1. The summed E-state index contributed by atoms with van der Waals surface area (Å²) in [4.78, 5) is 11.2. The van der Waals surface area contributed by atoms with E-state index in [4.69, 9.17) is 4.74 Å². The fourth-order valence-corrected chi connectivity index (χ4v) is 1.89. The molecule has 0 amide bonds. The Morgan fingerprint density at radius 1 is 1.22 bits per heavy atom. The predicted molar refractivity (Wildman–Crippen MR) is 71.7 cm³/mol. The molecule has 3 heteroatoms. The van der Waals surface area contributed by atoms with Crippen molar-refractivity contribution in [2.45, 2.75) is 39.7 Å². The summed E-state index contributed by atoms with van der Waals surface area (Å²) < 4.78 is 10.5. The van der Waals surface area contributed by atoms with Gasteiger partial charge in [-0.1, -0.05) is 32.0 Å². The molecule has 1 aliphatic carbocycles. The highest BCUT2D eigenvalue weighted by molar-refractivity contribution is 5.73. The van der Waals surface area contributed by atoms with Crippen molar-refractivity contribution in [2.24, 2.45) is 5.92 Å². The molecule has 0 aromatic heterocycles. The minimum atomic E-state index is -0.121. The molecule has 0 N–H and O–H groups in total. The number of carbonyl (C=O) groups is 1. The van der Waals surface area contributed by atoms with Gasteiger partial charge in [0.05, 0.1) is 13.0 Å². The van der Waals surface area contributed by atoms with E-state index < -0.39 is 0 Å². The Balaban J connectivity index is 0.000000771. The largest absolute Gasteiger partial charge is 0.490 e. The number of ether oxygens (including phenoxy) is 2. The van der Waals surface area contributed by atoms with Crippen LogP contribution in [0.4, 0.5) is 0 Å². The molecule has 1 aromatic rings. The van der Waals surface area contributed by atoms with Crippen LogP contribution in [0.1, 0.15) is 32.3 Å². The van der Waals surface area contributed by atoms with E-state index in [-0.39, 0.29) is 18.0 Å². The van der Waals surface area contributed by atoms with Crippen LogP contribution in [0.3, 0.4) is 0 Å². The average molecular weight is 250 g/mol. The first-order chi connectivity index (χ1) is 8.70. The van der Waals surface area contributed by atoms with Crippen molar-refractivity contribution >= 4 is 5.97 Å². The molecule has 1 fully saturated rings. The van der Waals surface area contributed by atoms with Crippen molar-refractivity contribution < 1.29 is 14.3 Å². The Kier molecular flexibility index (Phi) is 5.69. The van der Waals surface area contributed by atoms with Crippen LogP contribution in [0.5, 0.6) is 5.75 Å². The normalized spacial score (nSPS) is 21.1. The lowest BCUT2D eigenvalue weighted by Gasteiger charge is -2.33. The van der Waals surface area contributed by atoms with Crippen molar-refractivity contribution in [3.05, 3.63) is 29.8 Å². The van der Waals surface area contributed by atoms with E-state index in [1.165, 1.54) is 7.11 Å². The van der Waals surface area contributed by atoms with E-state index in [0.29, 0.717) is 0 Å². The SMILES string of the molecule is CC.COC(=O)C1CC(Oc2ccccc2C)C1. The van der Waals surface area contributed by atoms with Crippen LogP contribution >= 0.6 is 0 Å². The summed E-state index contributed by atoms with van der Waals surface area (Å²) in [6, 6.07) is 7.92. The topological polar surface area (TPSA) is 35.5 Å². The van der Waals surface area contributed by atoms with E-state index in [1.54, 1.807) is 0 Å². The summed E-state index contributed by atoms with van der Waals surface area (Å²) in [6.45, 7) is 6.02. The van der Waals surface area contributed by atoms with Crippen LogP contribution in [0.25, 0.3) is 0 Å². The summed E-state index contributed by atoms with van der Waals surface area (Å²) in [6.07, 6.45) is 1.69. The van der Waals surface area contributed by atoms with Gasteiger partial charge in [-0.2, -0.15) is 0 Å². The number of rotatable bonds is 3. The molecule has 2 rings (SSSR count). The van der Waals surface area contributed by atoms with Crippen molar-refractivity contribution in [2.75, 3.05) is 7.11 Å². The van der Waals surface area contributed by atoms with Gasteiger partial charge in [0.25, 0.3) is 0 Å². The van der Waals surface area contributed by atoms with Gasteiger partial charge in [-0.15, -0.1) is 0 Å². The van der Waals surface area contributed by atoms with Gasteiger partial charge in [0.15, 0.2) is 0 Å². The third-order valence-electron chi connectivity index (χ3n) is 3.02. The van der Waals surface area contributed by atoms with E-state index in [1.807, 2.05) is 45.0 Å². The zero-order chi connectivity index (χ0) is 13.5. The Hall–Kier alpha value is -1.51. The van der Waals surface area contributed by atoms with E-state index >= 15 is 0 Å². The molecule has 0 bridgehead atoms. The second-order valence-corrected chi connectivity index (χ2v) is 4.20. The third-order valence-corrected chi connectivity index (χ3v) is 3.02. The maximum absolute atomic E-state index is 11.2. The molecule has 18 heavy (non-hydrogen) atoms. The van der Waals surface area contributed by atoms with Gasteiger partial charge >= 0.3 is 5.97 Å². The zero-order valence-corrected chi connectivity index (χ0v) is 11.6. The summed E-state index contributed by atoms with van der Waals surface area (Å²) >= 11 is 0. The summed E-state index contributed by atoms with van der Waals surface area (Å²) in [5.74, 6) is 0.819.